The molecule has 0 aliphatic rings. The molecule has 0 aliphatic heterocycles. The first-order chi connectivity index (χ1) is 8.58. The molecule has 1 heterocycles. The van der Waals surface area contributed by atoms with Crippen LogP contribution in [0.2, 0.25) is 0 Å². The van der Waals surface area contributed by atoms with Crippen LogP contribution in [-0.4, -0.2) is 11.1 Å². The number of halogens is 1. The predicted molar refractivity (Wildman–Crippen MR) is 66.7 cm³/mol. The number of aryl methyl sites for hydroxylation is 1. The van der Waals surface area contributed by atoms with Crippen molar-refractivity contribution in [3.8, 4) is 5.75 Å². The monoisotopic (exact) mass is 266 g/mol. The van der Waals surface area contributed by atoms with E-state index < -0.39 is 5.97 Å². The van der Waals surface area contributed by atoms with Crippen molar-refractivity contribution in [1.29, 1.82) is 0 Å². The molecule has 2 aromatic rings. The summed E-state index contributed by atoms with van der Waals surface area (Å²) < 4.78 is 18.4. The molecule has 0 bridgehead atoms. The van der Waals surface area contributed by atoms with Crippen molar-refractivity contribution in [3.05, 3.63) is 51.5 Å². The van der Waals surface area contributed by atoms with Crippen molar-refractivity contribution >= 4 is 17.3 Å². The van der Waals surface area contributed by atoms with Crippen molar-refractivity contribution < 1.29 is 19.0 Å². The van der Waals surface area contributed by atoms with Gasteiger partial charge in [0.2, 0.25) is 0 Å². The number of hydrogen-bond donors (Lipinski definition) is 1. The lowest BCUT2D eigenvalue weighted by molar-refractivity contribution is 0.0699. The van der Waals surface area contributed by atoms with Crippen LogP contribution in [0.1, 0.15) is 20.8 Å². The number of aromatic carboxylic acids is 1. The molecule has 1 N–H and O–H groups in total. The third-order valence-corrected chi connectivity index (χ3v) is 3.41. The van der Waals surface area contributed by atoms with Gasteiger partial charge in [0, 0.05) is 5.56 Å². The van der Waals surface area contributed by atoms with Crippen molar-refractivity contribution in [2.24, 2.45) is 0 Å². The van der Waals surface area contributed by atoms with Crippen LogP contribution in [0, 0.1) is 12.7 Å². The molecule has 0 spiro atoms. The number of carboxylic acid groups (broad SMARTS) is 1. The second-order valence-corrected chi connectivity index (χ2v) is 4.69. The maximum absolute atomic E-state index is 12.9. The van der Waals surface area contributed by atoms with E-state index in [4.69, 9.17) is 9.84 Å². The molecule has 5 heteroatoms. The molecule has 1 aromatic carbocycles. The molecule has 2 rings (SSSR count). The Kier molecular flexibility index (Phi) is 3.62. The minimum absolute atomic E-state index is 0.164. The highest BCUT2D eigenvalue weighted by molar-refractivity contribution is 7.12. The summed E-state index contributed by atoms with van der Waals surface area (Å²) >= 11 is 1.16. The largest absolute Gasteiger partial charge is 0.489 e. The van der Waals surface area contributed by atoms with E-state index in [1.807, 2.05) is 0 Å². The van der Waals surface area contributed by atoms with Crippen LogP contribution in [0.4, 0.5) is 4.39 Å². The summed E-state index contributed by atoms with van der Waals surface area (Å²) in [6.07, 6.45) is 0. The van der Waals surface area contributed by atoms with Gasteiger partial charge in [-0.1, -0.05) is 0 Å². The first-order valence-corrected chi connectivity index (χ1v) is 6.14. The number of benzene rings is 1. The smallest absolute Gasteiger partial charge is 0.346 e. The van der Waals surface area contributed by atoms with Crippen LogP contribution in [0.3, 0.4) is 0 Å². The summed E-state index contributed by atoms with van der Waals surface area (Å²) in [5.41, 5.74) is 1.30. The van der Waals surface area contributed by atoms with Crippen LogP contribution in [0.5, 0.6) is 5.75 Å². The van der Waals surface area contributed by atoms with Gasteiger partial charge in [-0.2, -0.15) is 0 Å². The second-order valence-electron chi connectivity index (χ2n) is 3.78. The summed E-state index contributed by atoms with van der Waals surface area (Å²) in [5, 5.41) is 10.7. The van der Waals surface area contributed by atoms with Gasteiger partial charge >= 0.3 is 5.97 Å². The molecule has 94 valence electrons. The summed E-state index contributed by atoms with van der Waals surface area (Å²) in [4.78, 5) is 11.2. The van der Waals surface area contributed by atoms with Crippen LogP contribution in [-0.2, 0) is 6.61 Å². The van der Waals surface area contributed by atoms with E-state index >= 15 is 0 Å². The van der Waals surface area contributed by atoms with E-state index in [2.05, 4.69) is 0 Å². The zero-order valence-electron chi connectivity index (χ0n) is 9.64. The number of thiophene rings is 1. The minimum atomic E-state index is -0.959. The van der Waals surface area contributed by atoms with Gasteiger partial charge in [-0.25, -0.2) is 9.18 Å². The molecule has 1 aromatic heterocycles. The van der Waals surface area contributed by atoms with Gasteiger partial charge < -0.3 is 9.84 Å². The third-order valence-electron chi connectivity index (χ3n) is 2.46. The molecule has 0 atom stereocenters. The van der Waals surface area contributed by atoms with E-state index in [0.717, 1.165) is 11.3 Å². The normalized spacial score (nSPS) is 10.3. The van der Waals surface area contributed by atoms with Crippen molar-refractivity contribution in [3.63, 3.8) is 0 Å². The molecule has 0 amide bonds. The standard InChI is InChI=1S/C13H11FO3S/c1-8-6-10(14)2-3-11(8)17-7-9-4-5-18-12(9)13(15)16/h2-6H,7H2,1H3,(H,15,16). The number of carboxylic acids is 1. The number of rotatable bonds is 4. The Bertz CT molecular complexity index is 577. The van der Waals surface area contributed by atoms with Crippen molar-refractivity contribution in [2.75, 3.05) is 0 Å². The molecular weight excluding hydrogens is 255 g/mol. The van der Waals surface area contributed by atoms with E-state index in [9.17, 15) is 9.18 Å². The van der Waals surface area contributed by atoms with Gasteiger partial charge in [-0.3, -0.25) is 0 Å². The molecule has 0 saturated carbocycles. The van der Waals surface area contributed by atoms with Gasteiger partial charge in [0.15, 0.2) is 0 Å². The summed E-state index contributed by atoms with van der Waals surface area (Å²) in [6, 6.07) is 5.94. The molecule has 0 fully saturated rings. The Hall–Kier alpha value is -1.88. The van der Waals surface area contributed by atoms with Gasteiger partial charge in [0.05, 0.1) is 0 Å². The Morgan fingerprint density at radius 3 is 2.89 bits per heavy atom. The zero-order chi connectivity index (χ0) is 13.1. The molecule has 0 saturated heterocycles. The van der Waals surface area contributed by atoms with E-state index in [0.29, 0.717) is 16.9 Å². The van der Waals surface area contributed by atoms with Gasteiger partial charge in [0.25, 0.3) is 0 Å². The quantitative estimate of drug-likeness (QED) is 0.921. The summed E-state index contributed by atoms with van der Waals surface area (Å²) in [6.45, 7) is 1.90. The zero-order valence-corrected chi connectivity index (χ0v) is 10.5. The van der Waals surface area contributed by atoms with Crippen molar-refractivity contribution in [1.82, 2.24) is 0 Å². The topological polar surface area (TPSA) is 46.5 Å². The maximum Gasteiger partial charge on any atom is 0.346 e. The molecule has 0 radical (unpaired) electrons. The third kappa shape index (κ3) is 2.68. The molecule has 3 nitrogen and oxygen atoms in total. The Balaban J connectivity index is 2.11. The van der Waals surface area contributed by atoms with Crippen LogP contribution >= 0.6 is 11.3 Å². The van der Waals surface area contributed by atoms with E-state index in [-0.39, 0.29) is 17.3 Å². The Morgan fingerprint density at radius 1 is 1.44 bits per heavy atom. The van der Waals surface area contributed by atoms with Gasteiger partial charge in [-0.15, -0.1) is 11.3 Å². The first kappa shape index (κ1) is 12.6. The number of hydrogen-bond acceptors (Lipinski definition) is 3. The molecular formula is C13H11FO3S. The van der Waals surface area contributed by atoms with E-state index in [1.165, 1.54) is 18.2 Å². The lowest BCUT2D eigenvalue weighted by Crippen LogP contribution is -2.02. The summed E-state index contributed by atoms with van der Waals surface area (Å²) in [5.74, 6) is -0.722. The molecule has 18 heavy (non-hydrogen) atoms. The SMILES string of the molecule is Cc1cc(F)ccc1OCc1ccsc1C(=O)O. The second kappa shape index (κ2) is 5.18. The van der Waals surface area contributed by atoms with Crippen molar-refractivity contribution in [2.45, 2.75) is 13.5 Å². The van der Waals surface area contributed by atoms with Crippen LogP contribution in [0.15, 0.2) is 29.6 Å². The average Bonchev–Trinajstić information content (AvgIpc) is 2.76. The van der Waals surface area contributed by atoms with Crippen LogP contribution < -0.4 is 4.74 Å². The minimum Gasteiger partial charge on any atom is -0.489 e. The van der Waals surface area contributed by atoms with Crippen LogP contribution in [0.25, 0.3) is 0 Å². The molecule has 0 aliphatic carbocycles. The lowest BCUT2D eigenvalue weighted by Gasteiger charge is -2.08. The van der Waals surface area contributed by atoms with Gasteiger partial charge in [0.1, 0.15) is 23.1 Å². The number of carbonyl (C=O) groups is 1. The summed E-state index contributed by atoms with van der Waals surface area (Å²) in [7, 11) is 0. The Morgan fingerprint density at radius 2 is 2.22 bits per heavy atom. The molecule has 0 unspecified atom stereocenters. The maximum atomic E-state index is 12.9. The Labute approximate surface area is 107 Å². The average molecular weight is 266 g/mol. The first-order valence-electron chi connectivity index (χ1n) is 5.26. The fourth-order valence-electron chi connectivity index (χ4n) is 1.57. The predicted octanol–water partition coefficient (Wildman–Crippen LogP) is 3.47. The highest BCUT2D eigenvalue weighted by Crippen LogP contribution is 2.22. The lowest BCUT2D eigenvalue weighted by atomic mass is 10.2. The van der Waals surface area contributed by atoms with E-state index in [1.54, 1.807) is 18.4 Å². The number of ether oxygens (including phenoxy) is 1. The fraction of sp³-hybridized carbons (Fsp3) is 0.154. The van der Waals surface area contributed by atoms with Gasteiger partial charge in [-0.05, 0) is 42.1 Å². The highest BCUT2D eigenvalue weighted by Gasteiger charge is 2.12. The fourth-order valence-corrected chi connectivity index (χ4v) is 2.31. The highest BCUT2D eigenvalue weighted by atomic mass is 32.1.